The second-order valence-corrected chi connectivity index (χ2v) is 8.29. The Morgan fingerprint density at radius 1 is 1.09 bits per heavy atom. The number of hydrogen-bond acceptors (Lipinski definition) is 8. The van der Waals surface area contributed by atoms with Crippen molar-refractivity contribution in [2.24, 2.45) is 5.92 Å². The van der Waals surface area contributed by atoms with E-state index in [1.54, 1.807) is 25.7 Å². The van der Waals surface area contributed by atoms with Gasteiger partial charge in [-0.05, 0) is 36.8 Å². The molecule has 1 atom stereocenters. The molecule has 1 aliphatic rings. The molecule has 2 N–H and O–H groups in total. The normalized spacial score (nSPS) is 15.6. The van der Waals surface area contributed by atoms with E-state index >= 15 is 0 Å². The van der Waals surface area contributed by atoms with Crippen LogP contribution in [-0.2, 0) is 16.7 Å². The number of nitrogen functional groups attached to an aromatic ring is 1. The number of aromatic nitrogens is 6. The van der Waals surface area contributed by atoms with Crippen LogP contribution in [0.4, 0.5) is 5.95 Å². The zero-order valence-corrected chi connectivity index (χ0v) is 18.1. The minimum atomic E-state index is -0.329. The third-order valence-corrected chi connectivity index (χ3v) is 6.18. The van der Waals surface area contributed by atoms with Crippen LogP contribution in [0.3, 0.4) is 0 Å². The van der Waals surface area contributed by atoms with Crippen LogP contribution >= 0.6 is 0 Å². The molecule has 0 unspecified atom stereocenters. The number of nitrogens with zero attached hydrogens (tertiary/aromatic N) is 6. The van der Waals surface area contributed by atoms with Gasteiger partial charge in [-0.3, -0.25) is 4.68 Å². The summed E-state index contributed by atoms with van der Waals surface area (Å²) in [6, 6.07) is 8.41. The first-order valence-electron chi connectivity index (χ1n) is 10.6. The zero-order valence-electron chi connectivity index (χ0n) is 18.1. The fraction of sp³-hybridized carbons (Fsp3) is 0.348. The highest BCUT2D eigenvalue weighted by Crippen LogP contribution is 2.50. The van der Waals surface area contributed by atoms with E-state index in [4.69, 9.17) is 20.0 Å². The van der Waals surface area contributed by atoms with Crippen molar-refractivity contribution in [3.8, 4) is 22.6 Å². The first-order valence-corrected chi connectivity index (χ1v) is 10.6. The lowest BCUT2D eigenvalue weighted by molar-refractivity contribution is 0.183. The average molecular weight is 432 g/mol. The number of rotatable bonds is 8. The van der Waals surface area contributed by atoms with Crippen LogP contribution in [0.5, 0.6) is 0 Å². The maximum atomic E-state index is 5.64. The van der Waals surface area contributed by atoms with Crippen molar-refractivity contribution in [1.82, 2.24) is 29.9 Å². The molecule has 32 heavy (non-hydrogen) atoms. The number of nitrogens with two attached hydrogens (primary N) is 1. The molecular formula is C23H25N7O2. The monoisotopic (exact) mass is 431 g/mol. The highest BCUT2D eigenvalue weighted by molar-refractivity contribution is 5.63. The van der Waals surface area contributed by atoms with E-state index in [0.29, 0.717) is 30.8 Å². The van der Waals surface area contributed by atoms with Gasteiger partial charge in [-0.15, -0.1) is 0 Å². The Hall–Kier alpha value is -3.59. The quantitative estimate of drug-likeness (QED) is 0.451. The van der Waals surface area contributed by atoms with E-state index in [1.807, 2.05) is 10.9 Å². The van der Waals surface area contributed by atoms with E-state index < -0.39 is 0 Å². The van der Waals surface area contributed by atoms with Gasteiger partial charge in [0.2, 0.25) is 5.95 Å². The Bertz CT molecular complexity index is 1200. The molecule has 0 aliphatic heterocycles. The van der Waals surface area contributed by atoms with Gasteiger partial charge in [-0.25, -0.2) is 9.97 Å². The number of ether oxygens (including phenoxy) is 1. The molecule has 9 heteroatoms. The van der Waals surface area contributed by atoms with E-state index in [-0.39, 0.29) is 11.4 Å². The minimum Gasteiger partial charge on any atom is -0.383 e. The molecule has 4 aromatic rings. The van der Waals surface area contributed by atoms with Crippen LogP contribution < -0.4 is 5.73 Å². The van der Waals surface area contributed by atoms with Gasteiger partial charge in [0.15, 0.2) is 5.82 Å². The molecule has 0 radical (unpaired) electrons. The first-order chi connectivity index (χ1) is 15.6. The largest absolute Gasteiger partial charge is 0.383 e. The van der Waals surface area contributed by atoms with Crippen LogP contribution in [0.25, 0.3) is 22.6 Å². The van der Waals surface area contributed by atoms with Crippen molar-refractivity contribution in [1.29, 1.82) is 0 Å². The lowest BCUT2D eigenvalue weighted by atomic mass is 9.77. The molecule has 0 saturated heterocycles. The summed E-state index contributed by atoms with van der Waals surface area (Å²) in [7, 11) is 1.67. The lowest BCUT2D eigenvalue weighted by Crippen LogP contribution is -2.28. The lowest BCUT2D eigenvalue weighted by Gasteiger charge is -2.27. The first kappa shape index (κ1) is 20.3. The van der Waals surface area contributed by atoms with Crippen molar-refractivity contribution in [3.63, 3.8) is 0 Å². The fourth-order valence-corrected chi connectivity index (χ4v) is 4.04. The summed E-state index contributed by atoms with van der Waals surface area (Å²) in [4.78, 5) is 12.9. The molecule has 1 aromatic carbocycles. The molecule has 1 saturated carbocycles. The summed E-state index contributed by atoms with van der Waals surface area (Å²) in [5, 5.41) is 8.72. The van der Waals surface area contributed by atoms with Gasteiger partial charge >= 0.3 is 0 Å². The van der Waals surface area contributed by atoms with Crippen molar-refractivity contribution >= 4 is 5.95 Å². The van der Waals surface area contributed by atoms with Crippen LogP contribution in [-0.4, -0.2) is 43.6 Å². The van der Waals surface area contributed by atoms with Crippen LogP contribution in [0.15, 0.2) is 53.6 Å². The SMILES string of the molecule is COCCn1cc(-c2nc([C@@](C)(c3ccc(-c4cnc(N)nc4)cc3)C3CC3)no2)cn1. The fourth-order valence-electron chi connectivity index (χ4n) is 4.04. The van der Waals surface area contributed by atoms with Crippen LogP contribution in [0, 0.1) is 5.92 Å². The van der Waals surface area contributed by atoms with E-state index in [2.05, 4.69) is 51.4 Å². The Morgan fingerprint density at radius 3 is 2.53 bits per heavy atom. The highest BCUT2D eigenvalue weighted by atomic mass is 16.5. The standard InChI is InChI=1S/C23H25N7O2/c1-23(19-7-8-19,18-5-3-15(4-6-18)16-11-25-22(24)26-12-16)21-28-20(32-29-21)17-13-27-30(14-17)9-10-31-2/h3-6,11-14,19H,7-10H2,1-2H3,(H2,24,25,26)/t23-/m0/s1. The summed E-state index contributed by atoms with van der Waals surface area (Å²) in [6.07, 6.45) is 9.39. The summed E-state index contributed by atoms with van der Waals surface area (Å²) in [5.41, 5.74) is 9.18. The molecule has 0 bridgehead atoms. The minimum absolute atomic E-state index is 0.267. The molecule has 1 aliphatic carbocycles. The van der Waals surface area contributed by atoms with Crippen LogP contribution in [0.2, 0.25) is 0 Å². The van der Waals surface area contributed by atoms with Gasteiger partial charge in [0, 0.05) is 31.3 Å². The number of benzene rings is 1. The Morgan fingerprint density at radius 2 is 1.84 bits per heavy atom. The molecule has 3 aromatic heterocycles. The highest BCUT2D eigenvalue weighted by Gasteiger charge is 2.47. The maximum absolute atomic E-state index is 5.64. The topological polar surface area (TPSA) is 118 Å². The summed E-state index contributed by atoms with van der Waals surface area (Å²) < 4.78 is 12.6. The zero-order chi connectivity index (χ0) is 22.1. The maximum Gasteiger partial charge on any atom is 0.261 e. The third-order valence-electron chi connectivity index (χ3n) is 6.18. The number of anilines is 1. The van der Waals surface area contributed by atoms with Gasteiger partial charge in [-0.2, -0.15) is 10.1 Å². The van der Waals surface area contributed by atoms with Crippen molar-refractivity contribution in [2.75, 3.05) is 19.5 Å². The molecular weight excluding hydrogens is 406 g/mol. The number of methoxy groups -OCH3 is 1. The average Bonchev–Trinajstić information content (AvgIpc) is 3.37. The molecule has 3 heterocycles. The Labute approximate surface area is 185 Å². The van der Waals surface area contributed by atoms with Crippen molar-refractivity contribution < 1.29 is 9.26 Å². The van der Waals surface area contributed by atoms with Gasteiger partial charge in [0.1, 0.15) is 0 Å². The second kappa shape index (κ2) is 8.16. The smallest absolute Gasteiger partial charge is 0.261 e. The second-order valence-electron chi connectivity index (χ2n) is 8.29. The predicted molar refractivity (Wildman–Crippen MR) is 118 cm³/mol. The molecule has 0 amide bonds. The molecule has 0 spiro atoms. The summed E-state index contributed by atoms with van der Waals surface area (Å²) in [5.74, 6) is 1.92. The third kappa shape index (κ3) is 3.75. The predicted octanol–water partition coefficient (Wildman–Crippen LogP) is 3.33. The van der Waals surface area contributed by atoms with E-state index in [9.17, 15) is 0 Å². The van der Waals surface area contributed by atoms with Crippen molar-refractivity contribution in [3.05, 3.63) is 60.4 Å². The summed E-state index contributed by atoms with van der Waals surface area (Å²) >= 11 is 0. The van der Waals surface area contributed by atoms with Gasteiger partial charge in [0.05, 0.1) is 30.3 Å². The van der Waals surface area contributed by atoms with Crippen molar-refractivity contribution in [2.45, 2.75) is 31.7 Å². The Balaban J connectivity index is 1.43. The number of hydrogen-bond donors (Lipinski definition) is 1. The van der Waals surface area contributed by atoms with Gasteiger partial charge < -0.3 is 15.0 Å². The summed E-state index contributed by atoms with van der Waals surface area (Å²) in [6.45, 7) is 3.46. The molecule has 1 fully saturated rings. The Kier molecular flexibility index (Phi) is 5.18. The molecule has 164 valence electrons. The van der Waals surface area contributed by atoms with E-state index in [0.717, 1.165) is 35.1 Å². The van der Waals surface area contributed by atoms with Gasteiger partial charge in [-0.1, -0.05) is 29.4 Å². The molecule has 5 rings (SSSR count). The van der Waals surface area contributed by atoms with Gasteiger partial charge in [0.25, 0.3) is 5.89 Å². The van der Waals surface area contributed by atoms with Crippen LogP contribution in [0.1, 0.15) is 31.2 Å². The molecule has 9 nitrogen and oxygen atoms in total. The van der Waals surface area contributed by atoms with E-state index in [1.165, 1.54) is 0 Å².